The number of rotatable bonds is 2. The molecule has 0 bridgehead atoms. The van der Waals surface area contributed by atoms with Gasteiger partial charge in [0.1, 0.15) is 0 Å². The Morgan fingerprint density at radius 3 is 2.67 bits per heavy atom. The first kappa shape index (κ1) is 10.3. The number of hydrazine groups is 1. The van der Waals surface area contributed by atoms with Gasteiger partial charge in [0.25, 0.3) is 0 Å². The summed E-state index contributed by atoms with van der Waals surface area (Å²) in [6.07, 6.45) is 3.34. The van der Waals surface area contributed by atoms with Gasteiger partial charge in [-0.05, 0) is 32.1 Å². The van der Waals surface area contributed by atoms with E-state index in [0.29, 0.717) is 17.2 Å². The van der Waals surface area contributed by atoms with Crippen molar-refractivity contribution in [2.24, 2.45) is 17.5 Å². The highest BCUT2D eigenvalue weighted by atomic mass is 32.1. The third-order valence-corrected chi connectivity index (χ3v) is 3.51. The molecule has 0 radical (unpaired) electrons. The largest absolute Gasteiger partial charge is 0.327 e. The van der Waals surface area contributed by atoms with Gasteiger partial charge in [0.2, 0.25) is 0 Å². The van der Waals surface area contributed by atoms with Gasteiger partial charge in [0, 0.05) is 17.3 Å². The summed E-state index contributed by atoms with van der Waals surface area (Å²) in [6.45, 7) is 2.11. The maximum atomic E-state index is 5.92. The van der Waals surface area contributed by atoms with Crippen molar-refractivity contribution in [2.75, 3.05) is 0 Å². The molecule has 0 heterocycles. The Morgan fingerprint density at radius 1 is 1.50 bits per heavy atom. The Kier molecular flexibility index (Phi) is 3.83. The van der Waals surface area contributed by atoms with Gasteiger partial charge in [-0.1, -0.05) is 0 Å². The minimum absolute atomic E-state index is 0.239. The predicted octanol–water partition coefficient (Wildman–Crippen LogP) is 0.264. The Labute approximate surface area is 79.6 Å². The molecule has 4 unspecified atom stereocenters. The summed E-state index contributed by atoms with van der Waals surface area (Å²) in [5.74, 6) is 5.99. The van der Waals surface area contributed by atoms with E-state index in [1.807, 2.05) is 0 Å². The van der Waals surface area contributed by atoms with Crippen LogP contribution in [0.25, 0.3) is 0 Å². The first-order valence-corrected chi connectivity index (χ1v) is 5.06. The molecule has 0 spiro atoms. The van der Waals surface area contributed by atoms with E-state index in [-0.39, 0.29) is 6.04 Å². The molecule has 4 atom stereocenters. The van der Waals surface area contributed by atoms with Crippen molar-refractivity contribution in [1.29, 1.82) is 0 Å². The average Bonchev–Trinajstić information content (AvgIpc) is 2.08. The first-order chi connectivity index (χ1) is 5.65. The van der Waals surface area contributed by atoms with Crippen LogP contribution in [0.1, 0.15) is 26.2 Å². The second kappa shape index (κ2) is 4.46. The Balaban J connectivity index is 2.39. The zero-order valence-electron chi connectivity index (χ0n) is 7.53. The smallest absolute Gasteiger partial charge is 0.0211 e. The highest BCUT2D eigenvalue weighted by Crippen LogP contribution is 2.28. The van der Waals surface area contributed by atoms with Crippen molar-refractivity contribution in [3.8, 4) is 0 Å². The molecule has 0 aromatic heterocycles. The van der Waals surface area contributed by atoms with E-state index in [9.17, 15) is 0 Å². The van der Waals surface area contributed by atoms with Gasteiger partial charge in [-0.3, -0.25) is 11.3 Å². The summed E-state index contributed by atoms with van der Waals surface area (Å²) in [5.41, 5.74) is 8.71. The topological polar surface area (TPSA) is 64.1 Å². The van der Waals surface area contributed by atoms with E-state index in [1.54, 1.807) is 0 Å². The summed E-state index contributed by atoms with van der Waals surface area (Å²) in [4.78, 5) is 0. The highest BCUT2D eigenvalue weighted by Gasteiger charge is 2.28. The third-order valence-electron chi connectivity index (χ3n) is 2.87. The molecule has 0 saturated heterocycles. The summed E-state index contributed by atoms with van der Waals surface area (Å²) in [5, 5.41) is 0.381. The minimum Gasteiger partial charge on any atom is -0.327 e. The van der Waals surface area contributed by atoms with E-state index in [2.05, 4.69) is 25.0 Å². The Morgan fingerprint density at radius 2 is 2.17 bits per heavy atom. The van der Waals surface area contributed by atoms with E-state index in [0.717, 1.165) is 12.8 Å². The standard InChI is InChI=1S/C8H19N3S/c1-5(11-10)6-2-3-8(12)7(9)4-6/h5-8,11-12H,2-4,9-10H2,1H3. The van der Waals surface area contributed by atoms with E-state index in [1.165, 1.54) is 6.42 Å². The van der Waals surface area contributed by atoms with Crippen LogP contribution < -0.4 is 17.0 Å². The molecule has 4 heteroatoms. The van der Waals surface area contributed by atoms with Crippen molar-refractivity contribution < 1.29 is 0 Å². The number of hydrogen-bond acceptors (Lipinski definition) is 4. The van der Waals surface area contributed by atoms with Crippen molar-refractivity contribution in [3.63, 3.8) is 0 Å². The molecule has 1 saturated carbocycles. The fourth-order valence-corrected chi connectivity index (χ4v) is 2.08. The Hall–Kier alpha value is 0.230. The summed E-state index contributed by atoms with van der Waals surface area (Å²) in [6, 6.07) is 0.611. The van der Waals surface area contributed by atoms with Gasteiger partial charge >= 0.3 is 0 Å². The average molecular weight is 189 g/mol. The first-order valence-electron chi connectivity index (χ1n) is 4.55. The summed E-state index contributed by atoms with van der Waals surface area (Å²) in [7, 11) is 0. The fraction of sp³-hybridized carbons (Fsp3) is 1.00. The van der Waals surface area contributed by atoms with Crippen LogP contribution in [0.5, 0.6) is 0 Å². The normalized spacial score (nSPS) is 39.5. The molecular formula is C8H19N3S. The third kappa shape index (κ3) is 2.36. The maximum Gasteiger partial charge on any atom is 0.0211 e. The van der Waals surface area contributed by atoms with E-state index < -0.39 is 0 Å². The van der Waals surface area contributed by atoms with Gasteiger partial charge in [-0.2, -0.15) is 12.6 Å². The molecule has 0 aromatic rings. The second-order valence-electron chi connectivity index (χ2n) is 3.76. The zero-order chi connectivity index (χ0) is 9.14. The molecule has 1 fully saturated rings. The van der Waals surface area contributed by atoms with Crippen LogP contribution in [0.4, 0.5) is 0 Å². The lowest BCUT2D eigenvalue weighted by Gasteiger charge is -2.34. The van der Waals surface area contributed by atoms with Crippen LogP contribution in [0.15, 0.2) is 0 Å². The number of thiol groups is 1. The van der Waals surface area contributed by atoms with Crippen LogP contribution in [0, 0.1) is 5.92 Å². The SMILES string of the molecule is CC(NN)C1CCC(S)C(N)C1. The van der Waals surface area contributed by atoms with Crippen LogP contribution >= 0.6 is 12.6 Å². The van der Waals surface area contributed by atoms with Gasteiger partial charge in [-0.25, -0.2) is 0 Å². The molecule has 0 aromatic carbocycles. The number of nitrogens with one attached hydrogen (secondary N) is 1. The highest BCUT2D eigenvalue weighted by molar-refractivity contribution is 7.81. The molecule has 0 aliphatic heterocycles. The van der Waals surface area contributed by atoms with Crippen molar-refractivity contribution in [2.45, 2.75) is 43.5 Å². The second-order valence-corrected chi connectivity index (χ2v) is 4.42. The lowest BCUT2D eigenvalue weighted by molar-refractivity contribution is 0.267. The van der Waals surface area contributed by atoms with Gasteiger partial charge in [0.05, 0.1) is 0 Å². The molecule has 72 valence electrons. The van der Waals surface area contributed by atoms with Crippen molar-refractivity contribution >= 4 is 12.6 Å². The Bertz CT molecular complexity index is 142. The molecule has 3 nitrogen and oxygen atoms in total. The minimum atomic E-state index is 0.239. The van der Waals surface area contributed by atoms with Crippen LogP contribution in [0.2, 0.25) is 0 Å². The molecule has 0 amide bonds. The quantitative estimate of drug-likeness (QED) is 0.286. The summed E-state index contributed by atoms with van der Waals surface area (Å²) >= 11 is 4.42. The fourth-order valence-electron chi connectivity index (χ4n) is 1.81. The van der Waals surface area contributed by atoms with Crippen LogP contribution in [-0.4, -0.2) is 17.3 Å². The number of nitrogens with two attached hydrogens (primary N) is 2. The van der Waals surface area contributed by atoms with Gasteiger partial charge in [0.15, 0.2) is 0 Å². The lowest BCUT2D eigenvalue weighted by Crippen LogP contribution is -2.46. The molecule has 1 rings (SSSR count). The van der Waals surface area contributed by atoms with Gasteiger partial charge in [-0.15, -0.1) is 0 Å². The van der Waals surface area contributed by atoms with Crippen molar-refractivity contribution in [1.82, 2.24) is 5.43 Å². The lowest BCUT2D eigenvalue weighted by atomic mass is 9.82. The number of hydrogen-bond donors (Lipinski definition) is 4. The molecular weight excluding hydrogens is 170 g/mol. The summed E-state index contributed by atoms with van der Waals surface area (Å²) < 4.78 is 0. The predicted molar refractivity (Wildman–Crippen MR) is 54.9 cm³/mol. The van der Waals surface area contributed by atoms with E-state index in [4.69, 9.17) is 11.6 Å². The van der Waals surface area contributed by atoms with E-state index >= 15 is 0 Å². The monoisotopic (exact) mass is 189 g/mol. The molecule has 1 aliphatic carbocycles. The van der Waals surface area contributed by atoms with Gasteiger partial charge < -0.3 is 5.73 Å². The van der Waals surface area contributed by atoms with Crippen LogP contribution in [0.3, 0.4) is 0 Å². The zero-order valence-corrected chi connectivity index (χ0v) is 8.43. The molecule has 1 aliphatic rings. The van der Waals surface area contributed by atoms with Crippen LogP contribution in [-0.2, 0) is 0 Å². The molecule has 5 N–H and O–H groups in total. The maximum absolute atomic E-state index is 5.92. The van der Waals surface area contributed by atoms with Crippen molar-refractivity contribution in [3.05, 3.63) is 0 Å². The molecule has 12 heavy (non-hydrogen) atoms.